The minimum atomic E-state index is 0.811. The first-order chi connectivity index (χ1) is 9.24. The van der Waals surface area contributed by atoms with Gasteiger partial charge in [0.05, 0.1) is 0 Å². The van der Waals surface area contributed by atoms with Gasteiger partial charge in [-0.05, 0) is 31.5 Å². The molecule has 2 aromatic rings. The van der Waals surface area contributed by atoms with E-state index in [-0.39, 0.29) is 0 Å². The minimum absolute atomic E-state index is 0.811. The van der Waals surface area contributed by atoms with Gasteiger partial charge in [-0.15, -0.1) is 0 Å². The molecule has 0 aliphatic heterocycles. The first-order valence-electron chi connectivity index (χ1n) is 7.19. The summed E-state index contributed by atoms with van der Waals surface area (Å²) in [6.07, 6.45) is 5.00. The van der Waals surface area contributed by atoms with Crippen LogP contribution in [0.1, 0.15) is 18.4 Å². The van der Waals surface area contributed by atoms with Crippen molar-refractivity contribution >= 4 is 10.9 Å². The number of nitrogens with zero attached hydrogens (tertiary/aromatic N) is 2. The van der Waals surface area contributed by atoms with Gasteiger partial charge >= 0.3 is 0 Å². The van der Waals surface area contributed by atoms with Crippen LogP contribution in [-0.2, 0) is 13.6 Å². The molecule has 0 spiro atoms. The number of hydrogen-bond acceptors (Lipinski definition) is 2. The number of nitrogens with one attached hydrogen (secondary N) is 1. The van der Waals surface area contributed by atoms with Crippen LogP contribution in [0.15, 0.2) is 30.5 Å². The smallest absolute Gasteiger partial charge is 0.0481 e. The summed E-state index contributed by atoms with van der Waals surface area (Å²) >= 11 is 0. The normalized spacial score (nSPS) is 15.5. The van der Waals surface area contributed by atoms with E-state index in [1.54, 1.807) is 0 Å². The van der Waals surface area contributed by atoms with Crippen LogP contribution in [0.5, 0.6) is 0 Å². The molecular weight excluding hydrogens is 234 g/mol. The maximum Gasteiger partial charge on any atom is 0.0481 e. The minimum Gasteiger partial charge on any atom is -0.350 e. The van der Waals surface area contributed by atoms with Crippen LogP contribution in [0.3, 0.4) is 0 Å². The third kappa shape index (κ3) is 2.99. The Balaban J connectivity index is 1.63. The van der Waals surface area contributed by atoms with Crippen LogP contribution in [0.25, 0.3) is 10.9 Å². The molecule has 1 aliphatic carbocycles. The molecule has 1 heterocycles. The van der Waals surface area contributed by atoms with E-state index < -0.39 is 0 Å². The Morgan fingerprint density at radius 3 is 2.89 bits per heavy atom. The van der Waals surface area contributed by atoms with Crippen molar-refractivity contribution in [2.24, 2.45) is 7.05 Å². The maximum atomic E-state index is 3.57. The van der Waals surface area contributed by atoms with E-state index in [1.165, 1.54) is 29.3 Å². The van der Waals surface area contributed by atoms with Crippen LogP contribution in [0.4, 0.5) is 0 Å². The molecule has 3 rings (SSSR count). The van der Waals surface area contributed by atoms with E-state index in [2.05, 4.69) is 59.3 Å². The number of benzene rings is 1. The molecule has 0 radical (unpaired) electrons. The summed E-state index contributed by atoms with van der Waals surface area (Å²) in [6, 6.07) is 9.45. The largest absolute Gasteiger partial charge is 0.350 e. The highest BCUT2D eigenvalue weighted by atomic mass is 15.1. The van der Waals surface area contributed by atoms with Crippen LogP contribution >= 0.6 is 0 Å². The molecule has 0 saturated heterocycles. The zero-order chi connectivity index (χ0) is 13.2. The quantitative estimate of drug-likeness (QED) is 0.857. The number of aryl methyl sites for hydroxylation is 1. The Morgan fingerprint density at radius 2 is 2.11 bits per heavy atom. The van der Waals surface area contributed by atoms with Crippen LogP contribution in [0.2, 0.25) is 0 Å². The second-order valence-corrected chi connectivity index (χ2v) is 5.75. The van der Waals surface area contributed by atoms with Gasteiger partial charge < -0.3 is 14.8 Å². The third-order valence-corrected chi connectivity index (χ3v) is 3.92. The summed E-state index contributed by atoms with van der Waals surface area (Å²) in [5.74, 6) is 0. The fourth-order valence-electron chi connectivity index (χ4n) is 2.67. The van der Waals surface area contributed by atoms with Gasteiger partial charge in [-0.2, -0.15) is 0 Å². The van der Waals surface area contributed by atoms with E-state index in [4.69, 9.17) is 0 Å². The van der Waals surface area contributed by atoms with Crippen molar-refractivity contribution < 1.29 is 0 Å². The second-order valence-electron chi connectivity index (χ2n) is 5.75. The fourth-order valence-corrected chi connectivity index (χ4v) is 2.67. The van der Waals surface area contributed by atoms with E-state index in [9.17, 15) is 0 Å². The average Bonchev–Trinajstić information content (AvgIpc) is 3.17. The van der Waals surface area contributed by atoms with E-state index in [1.807, 2.05) is 0 Å². The molecular formula is C16H23N3. The summed E-state index contributed by atoms with van der Waals surface area (Å²) in [7, 11) is 4.33. The molecule has 1 aliphatic rings. The van der Waals surface area contributed by atoms with Crippen molar-refractivity contribution in [2.75, 3.05) is 20.1 Å². The topological polar surface area (TPSA) is 20.2 Å². The average molecular weight is 257 g/mol. The molecule has 1 fully saturated rings. The molecule has 19 heavy (non-hydrogen) atoms. The highest BCUT2D eigenvalue weighted by Crippen LogP contribution is 2.21. The van der Waals surface area contributed by atoms with E-state index in [0.717, 1.165) is 25.7 Å². The first-order valence-corrected chi connectivity index (χ1v) is 7.19. The van der Waals surface area contributed by atoms with Gasteiger partial charge in [0.1, 0.15) is 0 Å². The summed E-state index contributed by atoms with van der Waals surface area (Å²) in [4.78, 5) is 2.40. The number of fused-ring (bicyclic) bond motifs is 1. The van der Waals surface area contributed by atoms with Gasteiger partial charge in [0, 0.05) is 49.8 Å². The molecule has 0 amide bonds. The predicted molar refractivity (Wildman–Crippen MR) is 80.3 cm³/mol. The molecule has 1 saturated carbocycles. The monoisotopic (exact) mass is 257 g/mol. The lowest BCUT2D eigenvalue weighted by molar-refractivity contribution is 0.325. The van der Waals surface area contributed by atoms with Gasteiger partial charge in [0.15, 0.2) is 0 Å². The molecule has 3 heteroatoms. The lowest BCUT2D eigenvalue weighted by atomic mass is 10.1. The standard InChI is InChI=1S/C16H23N3/c1-18(10-9-17-14-7-8-14)11-13-12-19(2)16-6-4-3-5-15(13)16/h3-6,12,14,17H,7-11H2,1-2H3. The lowest BCUT2D eigenvalue weighted by Crippen LogP contribution is -2.29. The number of para-hydroxylation sites is 1. The first kappa shape index (κ1) is 12.7. The highest BCUT2D eigenvalue weighted by molar-refractivity contribution is 5.83. The number of likely N-dealkylation sites (N-methyl/N-ethyl adjacent to an activating group) is 1. The van der Waals surface area contributed by atoms with Crippen molar-refractivity contribution in [1.29, 1.82) is 0 Å². The summed E-state index contributed by atoms with van der Waals surface area (Å²) in [6.45, 7) is 3.24. The van der Waals surface area contributed by atoms with Crippen molar-refractivity contribution in [1.82, 2.24) is 14.8 Å². The van der Waals surface area contributed by atoms with E-state index >= 15 is 0 Å². The van der Waals surface area contributed by atoms with Crippen molar-refractivity contribution in [3.8, 4) is 0 Å². The third-order valence-electron chi connectivity index (χ3n) is 3.92. The number of rotatable bonds is 6. The molecule has 1 aromatic heterocycles. The van der Waals surface area contributed by atoms with Gasteiger partial charge in [-0.25, -0.2) is 0 Å². The molecule has 1 N–H and O–H groups in total. The van der Waals surface area contributed by atoms with Gasteiger partial charge in [0.2, 0.25) is 0 Å². The molecule has 3 nitrogen and oxygen atoms in total. The number of hydrogen-bond donors (Lipinski definition) is 1. The summed E-state index contributed by atoms with van der Waals surface area (Å²) < 4.78 is 2.22. The van der Waals surface area contributed by atoms with Crippen molar-refractivity contribution in [3.05, 3.63) is 36.0 Å². The maximum absolute atomic E-state index is 3.57. The Hall–Kier alpha value is -1.32. The van der Waals surface area contributed by atoms with E-state index in [0.29, 0.717) is 0 Å². The Morgan fingerprint density at radius 1 is 1.32 bits per heavy atom. The molecule has 102 valence electrons. The fraction of sp³-hybridized carbons (Fsp3) is 0.500. The van der Waals surface area contributed by atoms with Crippen molar-refractivity contribution in [2.45, 2.75) is 25.4 Å². The summed E-state index contributed by atoms with van der Waals surface area (Å²) in [5, 5.41) is 4.95. The molecule has 1 aromatic carbocycles. The lowest BCUT2D eigenvalue weighted by Gasteiger charge is -2.16. The predicted octanol–water partition coefficient (Wildman–Crippen LogP) is 2.36. The zero-order valence-electron chi connectivity index (χ0n) is 11.9. The number of aromatic nitrogens is 1. The molecule has 0 bridgehead atoms. The van der Waals surface area contributed by atoms with Crippen LogP contribution in [-0.4, -0.2) is 35.6 Å². The summed E-state index contributed by atoms with van der Waals surface area (Å²) in [5.41, 5.74) is 2.74. The van der Waals surface area contributed by atoms with Gasteiger partial charge in [-0.1, -0.05) is 18.2 Å². The second kappa shape index (κ2) is 5.35. The molecule has 0 unspecified atom stereocenters. The Kier molecular flexibility index (Phi) is 3.58. The SMILES string of the molecule is CN(CCNC1CC1)Cc1cn(C)c2ccccc12. The van der Waals surface area contributed by atoms with Crippen molar-refractivity contribution in [3.63, 3.8) is 0 Å². The molecule has 0 atom stereocenters. The Bertz CT molecular complexity index is 554. The Labute approximate surface area is 115 Å². The highest BCUT2D eigenvalue weighted by Gasteiger charge is 2.19. The van der Waals surface area contributed by atoms with Crippen LogP contribution < -0.4 is 5.32 Å². The van der Waals surface area contributed by atoms with Crippen LogP contribution in [0, 0.1) is 0 Å². The van der Waals surface area contributed by atoms with Gasteiger partial charge in [-0.3, -0.25) is 0 Å². The van der Waals surface area contributed by atoms with Gasteiger partial charge in [0.25, 0.3) is 0 Å². The zero-order valence-corrected chi connectivity index (χ0v) is 11.9.